The summed E-state index contributed by atoms with van der Waals surface area (Å²) in [6, 6.07) is 4.41. The van der Waals surface area contributed by atoms with Gasteiger partial charge in [-0.3, -0.25) is 9.59 Å². The average molecular weight is 399 g/mol. The molecule has 0 radical (unpaired) electrons. The van der Waals surface area contributed by atoms with Gasteiger partial charge in [-0.15, -0.1) is 0 Å². The standard InChI is InChI=1S/C16H21N3O7S/c1-17-15(20)16(21)18-10-14-19(5-2-6-26-14)27(22,23)11-3-4-12-13(9-11)25-8-7-24-12/h3-4,9,14H,2,5-8,10H2,1H3,(H,17,20)(H,18,21)/t14-/m1/s1. The lowest BCUT2D eigenvalue weighted by atomic mass is 10.3. The van der Waals surface area contributed by atoms with Gasteiger partial charge < -0.3 is 24.8 Å². The lowest BCUT2D eigenvalue weighted by Crippen LogP contribution is -2.52. The number of sulfonamides is 1. The molecule has 0 unspecified atom stereocenters. The van der Waals surface area contributed by atoms with Crippen molar-refractivity contribution < 1.29 is 32.2 Å². The number of nitrogens with one attached hydrogen (secondary N) is 2. The number of ether oxygens (including phenoxy) is 3. The number of hydrogen-bond acceptors (Lipinski definition) is 7. The third kappa shape index (κ3) is 4.15. The van der Waals surface area contributed by atoms with Crippen molar-refractivity contribution in [1.82, 2.24) is 14.9 Å². The summed E-state index contributed by atoms with van der Waals surface area (Å²) < 4.78 is 43.7. The number of hydrogen-bond donors (Lipinski definition) is 2. The van der Waals surface area contributed by atoms with E-state index in [9.17, 15) is 18.0 Å². The highest BCUT2D eigenvalue weighted by Gasteiger charge is 2.35. The Morgan fingerprint density at radius 2 is 1.89 bits per heavy atom. The lowest BCUT2D eigenvalue weighted by Gasteiger charge is -2.34. The van der Waals surface area contributed by atoms with Crippen LogP contribution < -0.4 is 20.1 Å². The first kappa shape index (κ1) is 19.4. The van der Waals surface area contributed by atoms with Crippen LogP contribution in [-0.2, 0) is 24.3 Å². The fourth-order valence-electron chi connectivity index (χ4n) is 2.80. The molecular formula is C16H21N3O7S. The molecule has 2 heterocycles. The Balaban J connectivity index is 1.78. The monoisotopic (exact) mass is 399 g/mol. The van der Waals surface area contributed by atoms with Crippen molar-refractivity contribution in [3.8, 4) is 11.5 Å². The van der Waals surface area contributed by atoms with Crippen molar-refractivity contribution >= 4 is 21.8 Å². The summed E-state index contributed by atoms with van der Waals surface area (Å²) in [5.41, 5.74) is 0. The summed E-state index contributed by atoms with van der Waals surface area (Å²) in [7, 11) is -2.57. The number of likely N-dealkylation sites (N-methyl/N-ethyl adjacent to an activating group) is 1. The molecule has 1 fully saturated rings. The number of fused-ring (bicyclic) bond motifs is 1. The molecular weight excluding hydrogens is 378 g/mol. The maximum Gasteiger partial charge on any atom is 0.309 e. The second kappa shape index (κ2) is 8.11. The van der Waals surface area contributed by atoms with Crippen LogP contribution in [0.25, 0.3) is 0 Å². The van der Waals surface area contributed by atoms with Crippen molar-refractivity contribution in [1.29, 1.82) is 0 Å². The zero-order valence-electron chi connectivity index (χ0n) is 14.8. The van der Waals surface area contributed by atoms with Gasteiger partial charge in [0, 0.05) is 19.7 Å². The second-order valence-electron chi connectivity index (χ2n) is 5.89. The van der Waals surface area contributed by atoms with Gasteiger partial charge in [0.1, 0.15) is 19.4 Å². The molecule has 27 heavy (non-hydrogen) atoms. The molecule has 3 rings (SSSR count). The van der Waals surface area contributed by atoms with Gasteiger partial charge in [-0.25, -0.2) is 8.42 Å². The maximum absolute atomic E-state index is 13.1. The number of carbonyl (C=O) groups is 2. The topological polar surface area (TPSA) is 123 Å². The van der Waals surface area contributed by atoms with Gasteiger partial charge in [0.15, 0.2) is 11.5 Å². The zero-order chi connectivity index (χ0) is 19.4. The van der Waals surface area contributed by atoms with Gasteiger partial charge in [0.25, 0.3) is 0 Å². The van der Waals surface area contributed by atoms with Crippen molar-refractivity contribution in [2.45, 2.75) is 17.5 Å². The highest BCUT2D eigenvalue weighted by molar-refractivity contribution is 7.89. The van der Waals surface area contributed by atoms with Gasteiger partial charge in [-0.05, 0) is 18.6 Å². The Morgan fingerprint density at radius 1 is 1.15 bits per heavy atom. The van der Waals surface area contributed by atoms with E-state index in [2.05, 4.69) is 10.6 Å². The minimum atomic E-state index is -3.90. The van der Waals surface area contributed by atoms with Crippen LogP contribution >= 0.6 is 0 Å². The molecule has 2 N–H and O–H groups in total. The van der Waals surface area contributed by atoms with E-state index < -0.39 is 28.1 Å². The summed E-state index contributed by atoms with van der Waals surface area (Å²) in [5.74, 6) is -0.815. The summed E-state index contributed by atoms with van der Waals surface area (Å²) in [5, 5.41) is 4.58. The van der Waals surface area contributed by atoms with E-state index >= 15 is 0 Å². The molecule has 2 aliphatic rings. The normalized spacial score (nSPS) is 20.0. The molecule has 0 saturated carbocycles. The first-order chi connectivity index (χ1) is 12.9. The maximum atomic E-state index is 13.1. The Morgan fingerprint density at radius 3 is 2.63 bits per heavy atom. The van der Waals surface area contributed by atoms with E-state index in [0.29, 0.717) is 37.7 Å². The third-order valence-electron chi connectivity index (χ3n) is 4.15. The molecule has 10 nitrogen and oxygen atoms in total. The zero-order valence-corrected chi connectivity index (χ0v) is 15.6. The van der Waals surface area contributed by atoms with Crippen molar-refractivity contribution in [2.75, 3.05) is 40.0 Å². The number of carbonyl (C=O) groups excluding carboxylic acids is 2. The number of nitrogens with zero attached hydrogens (tertiary/aromatic N) is 1. The van der Waals surface area contributed by atoms with E-state index in [1.165, 1.54) is 23.5 Å². The molecule has 1 aromatic rings. The SMILES string of the molecule is CNC(=O)C(=O)NC[C@H]1OCCCN1S(=O)(=O)c1ccc2c(c1)OCCO2. The largest absolute Gasteiger partial charge is 0.486 e. The first-order valence-corrected chi connectivity index (χ1v) is 9.90. The molecule has 148 valence electrons. The van der Waals surface area contributed by atoms with Gasteiger partial charge in [0.2, 0.25) is 10.0 Å². The van der Waals surface area contributed by atoms with Crippen LogP contribution in [-0.4, -0.2) is 70.7 Å². The van der Waals surface area contributed by atoms with E-state index in [4.69, 9.17) is 14.2 Å². The molecule has 0 bridgehead atoms. The molecule has 0 spiro atoms. The van der Waals surface area contributed by atoms with Crippen LogP contribution in [0.15, 0.2) is 23.1 Å². The molecule has 0 aliphatic carbocycles. The Kier molecular flexibility index (Phi) is 5.82. The summed E-state index contributed by atoms with van der Waals surface area (Å²) in [6.07, 6.45) is -0.394. The predicted molar refractivity (Wildman–Crippen MR) is 92.8 cm³/mol. The van der Waals surface area contributed by atoms with Crippen LogP contribution in [0.2, 0.25) is 0 Å². The fourth-order valence-corrected chi connectivity index (χ4v) is 4.38. The van der Waals surface area contributed by atoms with Gasteiger partial charge in [0.05, 0.1) is 18.0 Å². The molecule has 1 aromatic carbocycles. The van der Waals surface area contributed by atoms with E-state index in [-0.39, 0.29) is 18.0 Å². The summed E-state index contributed by atoms with van der Waals surface area (Å²) >= 11 is 0. The molecule has 11 heteroatoms. The molecule has 0 aromatic heterocycles. The molecule has 1 saturated heterocycles. The van der Waals surface area contributed by atoms with E-state index in [1.807, 2.05) is 0 Å². The number of amides is 2. The minimum absolute atomic E-state index is 0.0416. The Hall–Kier alpha value is -2.37. The summed E-state index contributed by atoms with van der Waals surface area (Å²) in [4.78, 5) is 23.0. The van der Waals surface area contributed by atoms with Crippen LogP contribution in [0.1, 0.15) is 6.42 Å². The number of rotatable bonds is 4. The predicted octanol–water partition coefficient (Wildman–Crippen LogP) is -0.943. The number of benzene rings is 1. The molecule has 2 amide bonds. The van der Waals surface area contributed by atoms with Gasteiger partial charge in [-0.2, -0.15) is 4.31 Å². The van der Waals surface area contributed by atoms with Crippen molar-refractivity contribution in [3.63, 3.8) is 0 Å². The molecule has 1 atom stereocenters. The first-order valence-electron chi connectivity index (χ1n) is 8.46. The van der Waals surface area contributed by atoms with Gasteiger partial charge >= 0.3 is 11.8 Å². The van der Waals surface area contributed by atoms with E-state index in [1.54, 1.807) is 6.07 Å². The van der Waals surface area contributed by atoms with Crippen molar-refractivity contribution in [3.05, 3.63) is 18.2 Å². The quantitative estimate of drug-likeness (QED) is 0.626. The average Bonchev–Trinajstić information content (AvgIpc) is 2.71. The lowest BCUT2D eigenvalue weighted by molar-refractivity contribution is -0.139. The Labute approximate surface area is 156 Å². The van der Waals surface area contributed by atoms with Crippen LogP contribution in [0.4, 0.5) is 0 Å². The van der Waals surface area contributed by atoms with Crippen molar-refractivity contribution in [2.24, 2.45) is 0 Å². The van der Waals surface area contributed by atoms with Crippen LogP contribution in [0.3, 0.4) is 0 Å². The third-order valence-corrected chi connectivity index (χ3v) is 6.03. The highest BCUT2D eigenvalue weighted by atomic mass is 32.2. The Bertz CT molecular complexity index is 827. The summed E-state index contributed by atoms with van der Waals surface area (Å²) in [6.45, 7) is 1.20. The van der Waals surface area contributed by atoms with Gasteiger partial charge in [-0.1, -0.05) is 0 Å². The second-order valence-corrected chi connectivity index (χ2v) is 7.78. The van der Waals surface area contributed by atoms with Crippen LogP contribution in [0.5, 0.6) is 11.5 Å². The smallest absolute Gasteiger partial charge is 0.309 e. The van der Waals surface area contributed by atoms with E-state index in [0.717, 1.165) is 0 Å². The highest BCUT2D eigenvalue weighted by Crippen LogP contribution is 2.33. The fraction of sp³-hybridized carbons (Fsp3) is 0.500. The molecule has 2 aliphatic heterocycles. The van der Waals surface area contributed by atoms with Crippen LogP contribution in [0, 0.1) is 0 Å². The minimum Gasteiger partial charge on any atom is -0.486 e.